The lowest BCUT2D eigenvalue weighted by Crippen LogP contribution is -2.44. The molecule has 1 aromatic carbocycles. The van der Waals surface area contributed by atoms with Crippen molar-refractivity contribution in [3.8, 4) is 0 Å². The first kappa shape index (κ1) is 13.2. The molecule has 2 rings (SSSR count). The number of fused-ring (bicyclic) bond motifs is 1. The lowest BCUT2D eigenvalue weighted by molar-refractivity contribution is 0.217. The third-order valence-corrected chi connectivity index (χ3v) is 4.04. The van der Waals surface area contributed by atoms with E-state index in [1.165, 1.54) is 10.5 Å². The third kappa shape index (κ3) is 3.17. The van der Waals surface area contributed by atoms with Crippen LogP contribution in [0.25, 0.3) is 0 Å². The van der Waals surface area contributed by atoms with Crippen LogP contribution in [0.5, 0.6) is 0 Å². The summed E-state index contributed by atoms with van der Waals surface area (Å²) in [5.74, 6) is 1.01. The second-order valence-electron chi connectivity index (χ2n) is 4.43. The number of benzene rings is 1. The topological polar surface area (TPSA) is 61.4 Å². The van der Waals surface area contributed by atoms with Gasteiger partial charge in [0.1, 0.15) is 0 Å². The van der Waals surface area contributed by atoms with Crippen LogP contribution in [0.2, 0.25) is 0 Å². The molecule has 1 aliphatic rings. The van der Waals surface area contributed by atoms with Crippen molar-refractivity contribution in [1.29, 1.82) is 0 Å². The Bertz CT molecular complexity index is 425. The van der Waals surface area contributed by atoms with E-state index in [0.29, 0.717) is 0 Å². The van der Waals surface area contributed by atoms with Gasteiger partial charge in [-0.2, -0.15) is 0 Å². The molecule has 1 heterocycles. The van der Waals surface area contributed by atoms with E-state index < -0.39 is 0 Å². The molecule has 18 heavy (non-hydrogen) atoms. The summed E-state index contributed by atoms with van der Waals surface area (Å²) in [7, 11) is 0. The minimum absolute atomic E-state index is 0.0511. The van der Waals surface area contributed by atoms with Gasteiger partial charge >= 0.3 is 6.03 Å². The standard InChI is InChI=1S/C13H18N2O2S/c1-9(8-16)14-13(17)15-11-6-7-18-12-5-3-2-4-10(11)12/h2-5,9,11,16H,6-8H2,1H3,(H2,14,15,17)/t9-,11+/m0/s1. The van der Waals surface area contributed by atoms with Crippen LogP contribution in [0.3, 0.4) is 0 Å². The summed E-state index contributed by atoms with van der Waals surface area (Å²) in [5.41, 5.74) is 1.18. The van der Waals surface area contributed by atoms with E-state index in [-0.39, 0.29) is 24.7 Å². The summed E-state index contributed by atoms with van der Waals surface area (Å²) in [6, 6.07) is 7.77. The zero-order valence-electron chi connectivity index (χ0n) is 10.3. The number of carbonyl (C=O) groups is 1. The lowest BCUT2D eigenvalue weighted by Gasteiger charge is -2.26. The predicted molar refractivity (Wildman–Crippen MR) is 72.7 cm³/mol. The van der Waals surface area contributed by atoms with Crippen molar-refractivity contribution in [2.45, 2.75) is 30.3 Å². The Kier molecular flexibility index (Phi) is 4.49. The molecule has 0 fully saturated rings. The van der Waals surface area contributed by atoms with Crippen molar-refractivity contribution in [1.82, 2.24) is 10.6 Å². The maximum atomic E-state index is 11.8. The Morgan fingerprint density at radius 3 is 3.11 bits per heavy atom. The molecule has 1 aliphatic heterocycles. The quantitative estimate of drug-likeness (QED) is 0.783. The van der Waals surface area contributed by atoms with E-state index in [4.69, 9.17) is 5.11 Å². The molecule has 0 bridgehead atoms. The highest BCUT2D eigenvalue weighted by Crippen LogP contribution is 2.35. The number of hydrogen-bond acceptors (Lipinski definition) is 3. The van der Waals surface area contributed by atoms with Crippen LogP contribution in [0, 0.1) is 0 Å². The molecular formula is C13H18N2O2S. The number of aliphatic hydroxyl groups excluding tert-OH is 1. The van der Waals surface area contributed by atoms with Gasteiger partial charge in [-0.15, -0.1) is 11.8 Å². The molecule has 0 aromatic heterocycles. The zero-order valence-corrected chi connectivity index (χ0v) is 11.2. The SMILES string of the molecule is C[C@@H](CO)NC(=O)N[C@@H]1CCSc2ccccc21. The molecule has 0 aliphatic carbocycles. The predicted octanol–water partition coefficient (Wildman–Crippen LogP) is 1.90. The molecule has 2 amide bonds. The van der Waals surface area contributed by atoms with E-state index in [0.717, 1.165) is 12.2 Å². The average molecular weight is 266 g/mol. The van der Waals surface area contributed by atoms with Gasteiger partial charge in [-0.1, -0.05) is 18.2 Å². The van der Waals surface area contributed by atoms with E-state index in [1.54, 1.807) is 6.92 Å². The van der Waals surface area contributed by atoms with Crippen molar-refractivity contribution in [3.63, 3.8) is 0 Å². The molecule has 0 radical (unpaired) electrons. The summed E-state index contributed by atoms with van der Waals surface area (Å²) in [6.07, 6.45) is 0.933. The Morgan fingerprint density at radius 2 is 2.33 bits per heavy atom. The van der Waals surface area contributed by atoms with Gasteiger partial charge in [0, 0.05) is 10.6 Å². The summed E-state index contributed by atoms with van der Waals surface area (Å²) in [6.45, 7) is 1.72. The van der Waals surface area contributed by atoms with Gasteiger partial charge < -0.3 is 15.7 Å². The van der Waals surface area contributed by atoms with Crippen LogP contribution in [0.4, 0.5) is 4.79 Å². The van der Waals surface area contributed by atoms with Gasteiger partial charge in [-0.25, -0.2) is 4.79 Å². The normalized spacial score (nSPS) is 19.8. The van der Waals surface area contributed by atoms with Crippen LogP contribution in [0.15, 0.2) is 29.2 Å². The second kappa shape index (κ2) is 6.11. The molecule has 0 saturated carbocycles. The third-order valence-electron chi connectivity index (χ3n) is 2.92. The number of urea groups is 1. The molecule has 1 aromatic rings. The number of rotatable bonds is 3. The average Bonchev–Trinajstić information content (AvgIpc) is 2.39. The summed E-state index contributed by atoms with van der Waals surface area (Å²) < 4.78 is 0. The first-order valence-electron chi connectivity index (χ1n) is 6.10. The second-order valence-corrected chi connectivity index (χ2v) is 5.57. The minimum Gasteiger partial charge on any atom is -0.394 e. The highest BCUT2D eigenvalue weighted by molar-refractivity contribution is 7.99. The Hall–Kier alpha value is -1.20. The van der Waals surface area contributed by atoms with Crippen molar-refractivity contribution >= 4 is 17.8 Å². The maximum Gasteiger partial charge on any atom is 0.315 e. The van der Waals surface area contributed by atoms with Crippen LogP contribution < -0.4 is 10.6 Å². The Balaban J connectivity index is 2.01. The van der Waals surface area contributed by atoms with Crippen molar-refractivity contribution in [2.75, 3.05) is 12.4 Å². The summed E-state index contributed by atoms with van der Waals surface area (Å²) in [4.78, 5) is 13.0. The number of hydrogen-bond donors (Lipinski definition) is 3. The Labute approximate surface area is 111 Å². The van der Waals surface area contributed by atoms with Gasteiger partial charge in [-0.05, 0) is 25.0 Å². The fraction of sp³-hybridized carbons (Fsp3) is 0.462. The fourth-order valence-electron chi connectivity index (χ4n) is 1.96. The van der Waals surface area contributed by atoms with Gasteiger partial charge in [-0.3, -0.25) is 0 Å². The molecule has 0 saturated heterocycles. The van der Waals surface area contributed by atoms with Gasteiger partial charge in [0.25, 0.3) is 0 Å². The molecule has 5 heteroatoms. The molecule has 0 spiro atoms. The molecule has 0 unspecified atom stereocenters. The lowest BCUT2D eigenvalue weighted by atomic mass is 10.0. The molecule has 4 nitrogen and oxygen atoms in total. The van der Waals surface area contributed by atoms with Crippen LogP contribution in [-0.4, -0.2) is 29.5 Å². The largest absolute Gasteiger partial charge is 0.394 e. The van der Waals surface area contributed by atoms with E-state index in [1.807, 2.05) is 23.9 Å². The fourth-order valence-corrected chi connectivity index (χ4v) is 3.09. The maximum absolute atomic E-state index is 11.8. The van der Waals surface area contributed by atoms with Crippen LogP contribution in [-0.2, 0) is 0 Å². The van der Waals surface area contributed by atoms with Crippen LogP contribution >= 0.6 is 11.8 Å². The number of thioether (sulfide) groups is 1. The highest BCUT2D eigenvalue weighted by Gasteiger charge is 2.22. The van der Waals surface area contributed by atoms with Crippen molar-refractivity contribution < 1.29 is 9.90 Å². The number of nitrogens with one attached hydrogen (secondary N) is 2. The minimum atomic E-state index is -0.224. The summed E-state index contributed by atoms with van der Waals surface area (Å²) >= 11 is 1.83. The first-order chi connectivity index (χ1) is 8.70. The van der Waals surface area contributed by atoms with E-state index >= 15 is 0 Å². The number of aliphatic hydroxyl groups is 1. The molecular weight excluding hydrogens is 248 g/mol. The Morgan fingerprint density at radius 1 is 1.56 bits per heavy atom. The molecule has 2 atom stereocenters. The van der Waals surface area contributed by atoms with E-state index in [9.17, 15) is 4.79 Å². The van der Waals surface area contributed by atoms with Crippen molar-refractivity contribution in [3.05, 3.63) is 29.8 Å². The smallest absolute Gasteiger partial charge is 0.315 e. The first-order valence-corrected chi connectivity index (χ1v) is 7.09. The molecule has 3 N–H and O–H groups in total. The van der Waals surface area contributed by atoms with Gasteiger partial charge in [0.15, 0.2) is 0 Å². The molecule has 98 valence electrons. The van der Waals surface area contributed by atoms with Crippen LogP contribution in [0.1, 0.15) is 24.9 Å². The van der Waals surface area contributed by atoms with Crippen molar-refractivity contribution in [2.24, 2.45) is 0 Å². The number of carbonyl (C=O) groups excluding carboxylic acids is 1. The zero-order chi connectivity index (χ0) is 13.0. The van der Waals surface area contributed by atoms with Gasteiger partial charge in [0.05, 0.1) is 18.7 Å². The monoisotopic (exact) mass is 266 g/mol. The van der Waals surface area contributed by atoms with Gasteiger partial charge in [0.2, 0.25) is 0 Å². The summed E-state index contributed by atoms with van der Waals surface area (Å²) in [5, 5.41) is 14.6. The highest BCUT2D eigenvalue weighted by atomic mass is 32.2. The number of amides is 2. The van der Waals surface area contributed by atoms with E-state index in [2.05, 4.69) is 22.8 Å².